The van der Waals surface area contributed by atoms with Crippen molar-refractivity contribution < 1.29 is 113 Å². The first kappa shape index (κ1) is 62.7. The molecule has 8 aromatic rings. The van der Waals surface area contributed by atoms with E-state index in [0.717, 1.165) is 39.0 Å². The second-order valence-corrected chi connectivity index (χ2v) is 25.8. The van der Waals surface area contributed by atoms with Gasteiger partial charge in [0.25, 0.3) is 48.0 Å². The van der Waals surface area contributed by atoms with Gasteiger partial charge in [-0.05, 0) is 0 Å². The van der Waals surface area contributed by atoms with Crippen molar-refractivity contribution in [2.45, 2.75) is 98.2 Å². The highest BCUT2D eigenvalue weighted by Gasteiger charge is 2.54. The van der Waals surface area contributed by atoms with Crippen LogP contribution in [-0.4, -0.2) is 198 Å². The number of aliphatic hydroxyl groups is 4. The van der Waals surface area contributed by atoms with E-state index in [2.05, 4.69) is 59.8 Å². The quantitative estimate of drug-likeness (QED) is 0.0729. The Morgan fingerprint density at radius 3 is 1.10 bits per heavy atom. The third kappa shape index (κ3) is 11.8. The minimum atomic E-state index is -5.38. The number of aliphatic hydroxyl groups excluding tert-OH is 4. The molecule has 0 spiro atoms. The van der Waals surface area contributed by atoms with Crippen LogP contribution in [0.2, 0.25) is 0 Å². The zero-order chi connectivity index (χ0) is 64.5. The zero-order valence-corrected chi connectivity index (χ0v) is 48.6. The molecule has 15 N–H and O–H groups in total. The summed E-state index contributed by atoms with van der Waals surface area (Å²) in [7, 11) is -21.4. The molecule has 6 fully saturated rings. The Bertz CT molecular complexity index is 4400. The minimum absolute atomic E-state index is 0.0161. The van der Waals surface area contributed by atoms with Crippen LogP contribution in [-0.2, 0) is 73.4 Å². The lowest BCUT2D eigenvalue weighted by Gasteiger charge is -2.34. The standard InChI is InChI=1S/C20H24N10O14P2.C20H24N10O13P2/c21-19-25-13-7(15(33)27-19)23-3-29(13)17-9(31)11-5(41-17)1-39-45(35,36)44-12-6(2-40-46(37,38)43-11)42-18(10(12)32)30-4-24-8-14(30)26-20(22)28-16(8)34;21-14-8-15(24-3-23-14)29(4-25-8)18-11(32)12-7(41-18)2-39-45(36,37)43-13-10(31)6(1-38-44(34,35)42-12)40-19(13)30-5-26-9-16(30)27-20(22)28-17(9)33/h3-6,9-12,17-18,31-32H,1-2H2,(H,35,36)(H,37,38)(H3,21,25,27,33)(H3,22,26,28,34);3-7,10-13,18-19,31-32H,1-2H2,(H,34,35)(H,36,37)(H2,21,23,24)(H3,22,27,28,33)/p-4/t5-,6-,9-,10-,11-,12-,17-,18-;6-,7-,10-,11-,12-,13-,18-,19-/m11/s1. The summed E-state index contributed by atoms with van der Waals surface area (Å²) < 4.78 is 120. The van der Waals surface area contributed by atoms with Gasteiger partial charge in [0.15, 0.2) is 69.9 Å². The van der Waals surface area contributed by atoms with Crippen LogP contribution in [0.3, 0.4) is 0 Å². The van der Waals surface area contributed by atoms with Crippen LogP contribution in [0.4, 0.5) is 23.7 Å². The zero-order valence-electron chi connectivity index (χ0n) is 45.0. The predicted molar refractivity (Wildman–Crippen MR) is 281 cm³/mol. The fourth-order valence-electron chi connectivity index (χ4n) is 10.7. The maximum Gasteiger partial charge on any atom is 0.280 e. The number of nitrogens with two attached hydrogens (primary N) is 4. The van der Waals surface area contributed by atoms with Gasteiger partial charge in [-0.3, -0.25) is 65.9 Å². The van der Waals surface area contributed by atoms with Gasteiger partial charge in [0.2, 0.25) is 17.8 Å². The van der Waals surface area contributed by atoms with Crippen molar-refractivity contribution in [1.29, 1.82) is 0 Å². The highest BCUT2D eigenvalue weighted by molar-refractivity contribution is 7.46. The molecule has 0 amide bonds. The van der Waals surface area contributed by atoms with Crippen LogP contribution in [0.5, 0.6) is 0 Å². The number of phosphoric acid groups is 4. The second-order valence-electron chi connectivity index (χ2n) is 20.4. The normalized spacial score (nSPS) is 37.4. The molecular weight excluding hydrogens is 1320 g/mol. The Morgan fingerprint density at radius 2 is 0.725 bits per heavy atom. The molecule has 0 radical (unpaired) electrons. The number of nitrogen functional groups attached to an aromatic ring is 4. The summed E-state index contributed by atoms with van der Waals surface area (Å²) in [6.07, 6.45) is -21.3. The predicted octanol–water partition coefficient (Wildman–Crippen LogP) is -7.92. The second kappa shape index (κ2) is 23.2. The number of rotatable bonds is 4. The number of aromatic amines is 3. The van der Waals surface area contributed by atoms with Crippen LogP contribution in [0.15, 0.2) is 46.0 Å². The topological polar surface area (TPSA) is 691 Å². The van der Waals surface area contributed by atoms with Crippen molar-refractivity contribution in [3.63, 3.8) is 0 Å². The van der Waals surface area contributed by atoms with Crippen LogP contribution in [0, 0.1) is 0 Å². The van der Waals surface area contributed by atoms with E-state index in [1.54, 1.807) is 0 Å². The Kier molecular flexibility index (Phi) is 16.0. The molecule has 0 aliphatic carbocycles. The van der Waals surface area contributed by atoms with Gasteiger partial charge in [0, 0.05) is 0 Å². The summed E-state index contributed by atoms with van der Waals surface area (Å²) in [5.74, 6) is -0.887. The molecule has 6 aliphatic heterocycles. The maximum absolute atomic E-state index is 13.1. The van der Waals surface area contributed by atoms with Crippen molar-refractivity contribution in [2.75, 3.05) is 49.4 Å². The lowest BCUT2D eigenvalue weighted by molar-refractivity contribution is -0.245. The van der Waals surface area contributed by atoms with Crippen molar-refractivity contribution in [2.24, 2.45) is 0 Å². The van der Waals surface area contributed by atoms with Crippen molar-refractivity contribution in [3.8, 4) is 0 Å². The lowest BCUT2D eigenvalue weighted by atomic mass is 10.1. The van der Waals surface area contributed by atoms with E-state index in [1.807, 2.05) is 0 Å². The van der Waals surface area contributed by atoms with E-state index in [0.29, 0.717) is 0 Å². The molecule has 0 aromatic carbocycles. The molecule has 4 unspecified atom stereocenters. The minimum Gasteiger partial charge on any atom is -0.756 e. The van der Waals surface area contributed by atoms with E-state index in [4.69, 9.17) is 78.1 Å². The number of imidazole rings is 4. The molecule has 490 valence electrons. The fourth-order valence-corrected chi connectivity index (χ4v) is 14.4. The molecule has 20 atom stereocenters. The fraction of sp³-hybridized carbons (Fsp3) is 0.500. The lowest BCUT2D eigenvalue weighted by Crippen LogP contribution is -2.41. The molecule has 91 heavy (non-hydrogen) atoms. The van der Waals surface area contributed by atoms with Crippen LogP contribution in [0.1, 0.15) is 24.9 Å². The molecule has 8 aromatic heterocycles. The smallest absolute Gasteiger partial charge is 0.280 e. The summed E-state index contributed by atoms with van der Waals surface area (Å²) >= 11 is 0. The summed E-state index contributed by atoms with van der Waals surface area (Å²) in [5.41, 5.74) is 19.7. The van der Waals surface area contributed by atoms with Crippen LogP contribution >= 0.6 is 31.3 Å². The largest absolute Gasteiger partial charge is 0.756 e. The summed E-state index contributed by atoms with van der Waals surface area (Å²) in [4.78, 5) is 131. The maximum atomic E-state index is 13.1. The van der Waals surface area contributed by atoms with Crippen molar-refractivity contribution in [1.82, 2.24) is 78.1 Å². The Balaban J connectivity index is 0.000000167. The number of phosphoric ester groups is 4. The number of aromatic nitrogens is 16. The van der Waals surface area contributed by atoms with Crippen molar-refractivity contribution in [3.05, 3.63) is 62.7 Å². The monoisotopic (exact) mass is 1360 g/mol. The third-order valence-corrected chi connectivity index (χ3v) is 18.5. The van der Waals surface area contributed by atoms with Crippen LogP contribution in [0.25, 0.3) is 44.7 Å². The van der Waals surface area contributed by atoms with Crippen LogP contribution < -0.4 is 59.2 Å². The SMILES string of the molecule is Nc1nc2c(ncn2[C@@H]2O[C@@H]3COP(=O)([O-])O[C@H]4[C@@H](O)[C@H](n5cnc6c(=O)[nH]c(N)nc65)O[C@@H]4COP(=O)([O-])O[C@H]3[C@H]2O)c(=O)[nH]1.Nc1nc2c(ncn2[C@@H]2O[C@@H]3COP(=O)([O-])O[C@H]4[C@@H](O)[C@H](n5cnc6c(N)ncnc65)O[C@@H]4COP(=O)([O-])O[C@@H]2[C@@H]3O)c(=O)[nH]1. The molecule has 0 saturated carbocycles. The average molecular weight is 1360 g/mol. The first-order valence-electron chi connectivity index (χ1n) is 26.0. The number of hydrogen-bond acceptors (Lipinski definition) is 40. The number of anilines is 4. The summed E-state index contributed by atoms with van der Waals surface area (Å²) in [5, 5.41) is 44.2. The first-order valence-corrected chi connectivity index (χ1v) is 31.9. The van der Waals surface area contributed by atoms with Gasteiger partial charge in [-0.25, -0.2) is 29.9 Å². The van der Waals surface area contributed by atoms with Gasteiger partial charge in [0.1, 0.15) is 85.1 Å². The van der Waals surface area contributed by atoms with Gasteiger partial charge >= 0.3 is 0 Å². The number of H-pyrrole nitrogens is 3. The Morgan fingerprint density at radius 1 is 0.418 bits per heavy atom. The number of fused-ring (bicyclic) bond motifs is 9. The third-order valence-electron chi connectivity index (χ3n) is 14.7. The highest BCUT2D eigenvalue weighted by Crippen LogP contribution is 2.53. The molecule has 47 nitrogen and oxygen atoms in total. The molecule has 6 aliphatic rings. The number of ether oxygens (including phenoxy) is 4. The van der Waals surface area contributed by atoms with Gasteiger partial charge in [-0.1, -0.05) is 0 Å². The molecule has 51 heteroatoms. The van der Waals surface area contributed by atoms with Crippen molar-refractivity contribution >= 4 is 99.6 Å². The van der Waals surface area contributed by atoms with Gasteiger partial charge < -0.3 is 118 Å². The molecule has 6 saturated heterocycles. The molecule has 14 rings (SSSR count). The average Bonchev–Trinajstić information content (AvgIpc) is 1.64. The number of nitrogens with zero attached hydrogens (tertiary/aromatic N) is 13. The first-order chi connectivity index (χ1) is 43.0. The van der Waals surface area contributed by atoms with E-state index >= 15 is 0 Å². The Hall–Kier alpha value is -7.08. The van der Waals surface area contributed by atoms with E-state index < -0.39 is 173 Å². The van der Waals surface area contributed by atoms with E-state index in [1.165, 1.54) is 10.9 Å². The summed E-state index contributed by atoms with van der Waals surface area (Å²) in [6.45, 7) is -3.75. The van der Waals surface area contributed by atoms with E-state index in [9.17, 15) is 72.6 Å². The molecular formula is C40H44N20O27P4-4. The Labute approximate surface area is 500 Å². The number of nitrogens with one attached hydrogen (secondary N) is 3. The highest BCUT2D eigenvalue weighted by atomic mass is 31.2. The molecule has 14 heterocycles. The van der Waals surface area contributed by atoms with E-state index in [-0.39, 0.29) is 68.3 Å². The van der Waals surface area contributed by atoms with Gasteiger partial charge in [-0.15, -0.1) is 0 Å². The number of hydrogen-bond donors (Lipinski definition) is 11. The molecule has 2 bridgehead atoms. The van der Waals surface area contributed by atoms with Gasteiger partial charge in [0.05, 0.1) is 51.7 Å². The summed E-state index contributed by atoms with van der Waals surface area (Å²) in [6, 6.07) is 0. The van der Waals surface area contributed by atoms with Gasteiger partial charge in [-0.2, -0.15) is 15.0 Å².